The number of fused-ring (bicyclic) bond motifs is 3. The lowest BCUT2D eigenvalue weighted by molar-refractivity contribution is -0.135. The number of carbonyl (C=O) groups is 2. The largest absolute Gasteiger partial charge is 0.496 e. The van der Waals surface area contributed by atoms with Crippen LogP contribution in [0.15, 0.2) is 54.6 Å². The number of Topliss-reactive ketones (excluding diaryl/α,β-unsaturated/α-hetero) is 1. The average molecular weight is 459 g/mol. The first-order chi connectivity index (χ1) is 16.5. The van der Waals surface area contributed by atoms with E-state index in [1.807, 2.05) is 6.07 Å². The van der Waals surface area contributed by atoms with Crippen LogP contribution in [0.25, 0.3) is 6.08 Å². The quantitative estimate of drug-likeness (QED) is 0.319. The van der Waals surface area contributed by atoms with E-state index in [0.29, 0.717) is 45.4 Å². The third-order valence-corrected chi connectivity index (χ3v) is 5.89. The maximum absolute atomic E-state index is 13.3. The highest BCUT2D eigenvalue weighted by Gasteiger charge is 2.38. The van der Waals surface area contributed by atoms with Gasteiger partial charge in [-0.1, -0.05) is 6.07 Å². The molecule has 0 bridgehead atoms. The lowest BCUT2D eigenvalue weighted by atomic mass is 9.85. The number of allylic oxidation sites excluding steroid dienone is 1. The van der Waals surface area contributed by atoms with Gasteiger partial charge in [0.15, 0.2) is 17.3 Å². The summed E-state index contributed by atoms with van der Waals surface area (Å²) in [6.45, 7) is 0. The molecule has 0 radical (unpaired) electrons. The fraction of sp³-hybridized carbons (Fsp3) is 0.192. The topological polar surface area (TPSA) is 93.2 Å². The van der Waals surface area contributed by atoms with Gasteiger partial charge in [0, 0.05) is 35.5 Å². The summed E-state index contributed by atoms with van der Waals surface area (Å²) in [5, 5.41) is 0. The van der Waals surface area contributed by atoms with Gasteiger partial charge < -0.3 is 23.7 Å². The molecule has 3 heterocycles. The van der Waals surface area contributed by atoms with Crippen LogP contribution in [0.1, 0.15) is 39.4 Å². The summed E-state index contributed by atoms with van der Waals surface area (Å²) in [4.78, 5) is 29.7. The SMILES string of the molecule is COc1cc(OC)c(OC)cc1/C=C1\Oc2c(ccc3c2C(c2cccnc2)CC(=O)O3)C1=O. The van der Waals surface area contributed by atoms with Gasteiger partial charge in [-0.15, -0.1) is 0 Å². The van der Waals surface area contributed by atoms with Crippen LogP contribution in [0.3, 0.4) is 0 Å². The molecule has 5 rings (SSSR count). The van der Waals surface area contributed by atoms with Crippen LogP contribution in [-0.2, 0) is 4.79 Å². The Morgan fingerprint density at radius 3 is 2.44 bits per heavy atom. The third-order valence-electron chi connectivity index (χ3n) is 5.89. The predicted molar refractivity (Wildman–Crippen MR) is 122 cm³/mol. The molecule has 0 saturated carbocycles. The van der Waals surface area contributed by atoms with Gasteiger partial charge in [-0.2, -0.15) is 0 Å². The Kier molecular flexibility index (Phi) is 5.41. The predicted octanol–water partition coefficient (Wildman–Crippen LogP) is 4.16. The minimum absolute atomic E-state index is 0.120. The summed E-state index contributed by atoms with van der Waals surface area (Å²) in [5.41, 5.74) is 2.47. The smallest absolute Gasteiger partial charge is 0.312 e. The Balaban J connectivity index is 1.61. The molecular weight excluding hydrogens is 438 g/mol. The number of carbonyl (C=O) groups excluding carboxylic acids is 2. The number of esters is 1. The highest BCUT2D eigenvalue weighted by Crippen LogP contribution is 2.49. The van der Waals surface area contributed by atoms with Gasteiger partial charge in [-0.05, 0) is 35.9 Å². The van der Waals surface area contributed by atoms with Gasteiger partial charge in [0.05, 0.1) is 33.3 Å². The number of methoxy groups -OCH3 is 3. The van der Waals surface area contributed by atoms with E-state index < -0.39 is 0 Å². The zero-order valence-corrected chi connectivity index (χ0v) is 18.8. The number of pyridine rings is 1. The Labute approximate surface area is 195 Å². The maximum atomic E-state index is 13.3. The molecule has 0 fully saturated rings. The summed E-state index contributed by atoms with van der Waals surface area (Å²) in [6, 6.07) is 10.3. The lowest BCUT2D eigenvalue weighted by Crippen LogP contribution is -2.21. The van der Waals surface area contributed by atoms with Crippen LogP contribution in [-0.4, -0.2) is 38.1 Å². The molecule has 3 aromatic rings. The molecule has 34 heavy (non-hydrogen) atoms. The molecule has 0 N–H and O–H groups in total. The standard InChI is InChI=1S/C26H21NO7/c1-30-19-12-21(32-3)20(31-2)9-15(19)10-22-25(29)16-6-7-18-24(26(16)34-22)17(11-23(28)33-18)14-5-4-8-27-13-14/h4-10,12-13,17H,11H2,1-3H3/b22-10-. The van der Waals surface area contributed by atoms with Crippen molar-refractivity contribution in [3.8, 4) is 28.7 Å². The van der Waals surface area contributed by atoms with Gasteiger partial charge in [0.25, 0.3) is 0 Å². The zero-order valence-electron chi connectivity index (χ0n) is 18.8. The molecule has 0 aliphatic carbocycles. The van der Waals surface area contributed by atoms with Gasteiger partial charge in [0.2, 0.25) is 5.78 Å². The number of benzene rings is 2. The van der Waals surface area contributed by atoms with Gasteiger partial charge in [-0.3, -0.25) is 14.6 Å². The minimum Gasteiger partial charge on any atom is -0.496 e. The van der Waals surface area contributed by atoms with E-state index >= 15 is 0 Å². The molecule has 1 atom stereocenters. The first-order valence-electron chi connectivity index (χ1n) is 10.6. The number of rotatable bonds is 5. The van der Waals surface area contributed by atoms with E-state index in [2.05, 4.69) is 4.98 Å². The van der Waals surface area contributed by atoms with Crippen LogP contribution in [0.4, 0.5) is 0 Å². The van der Waals surface area contributed by atoms with Crippen molar-refractivity contribution >= 4 is 17.8 Å². The highest BCUT2D eigenvalue weighted by molar-refractivity contribution is 6.15. The van der Waals surface area contributed by atoms with E-state index in [9.17, 15) is 9.59 Å². The molecule has 1 aromatic heterocycles. The van der Waals surface area contributed by atoms with Gasteiger partial charge >= 0.3 is 5.97 Å². The van der Waals surface area contributed by atoms with Crippen molar-refractivity contribution in [1.82, 2.24) is 4.98 Å². The van der Waals surface area contributed by atoms with E-state index in [4.69, 9.17) is 23.7 Å². The average Bonchev–Trinajstić information content (AvgIpc) is 3.18. The monoisotopic (exact) mass is 459 g/mol. The van der Waals surface area contributed by atoms with Crippen molar-refractivity contribution in [3.05, 3.63) is 76.8 Å². The molecule has 172 valence electrons. The second kappa shape index (κ2) is 8.55. The van der Waals surface area contributed by atoms with Gasteiger partial charge in [0.1, 0.15) is 17.2 Å². The fourth-order valence-corrected chi connectivity index (χ4v) is 4.28. The Hall–Kier alpha value is -4.33. The molecular formula is C26H21NO7. The third kappa shape index (κ3) is 3.53. The fourth-order valence-electron chi connectivity index (χ4n) is 4.28. The summed E-state index contributed by atoms with van der Waals surface area (Å²) in [7, 11) is 4.59. The van der Waals surface area contributed by atoms with Crippen molar-refractivity contribution in [2.45, 2.75) is 12.3 Å². The van der Waals surface area contributed by atoms with Crippen molar-refractivity contribution < 1.29 is 33.3 Å². The molecule has 2 aromatic carbocycles. The summed E-state index contributed by atoms with van der Waals surface area (Å²) in [6.07, 6.45) is 5.09. The van der Waals surface area contributed by atoms with Crippen LogP contribution < -0.4 is 23.7 Å². The molecule has 8 nitrogen and oxygen atoms in total. The maximum Gasteiger partial charge on any atom is 0.312 e. The van der Waals surface area contributed by atoms with Gasteiger partial charge in [-0.25, -0.2) is 0 Å². The van der Waals surface area contributed by atoms with Crippen molar-refractivity contribution in [1.29, 1.82) is 0 Å². The molecule has 0 amide bonds. The molecule has 2 aliphatic rings. The van der Waals surface area contributed by atoms with Crippen LogP contribution in [0.2, 0.25) is 0 Å². The number of nitrogens with zero attached hydrogens (tertiary/aromatic N) is 1. The van der Waals surface area contributed by atoms with Crippen LogP contribution in [0.5, 0.6) is 28.7 Å². The molecule has 8 heteroatoms. The van der Waals surface area contributed by atoms with Crippen molar-refractivity contribution in [2.75, 3.05) is 21.3 Å². The first kappa shape index (κ1) is 21.5. The number of hydrogen-bond donors (Lipinski definition) is 0. The lowest BCUT2D eigenvalue weighted by Gasteiger charge is -2.26. The Bertz CT molecular complexity index is 1330. The Morgan fingerprint density at radius 1 is 0.971 bits per heavy atom. The van der Waals surface area contributed by atoms with Crippen molar-refractivity contribution in [2.24, 2.45) is 0 Å². The zero-order chi connectivity index (χ0) is 23.8. The second-order valence-electron chi connectivity index (χ2n) is 7.76. The number of hydrogen-bond acceptors (Lipinski definition) is 8. The van der Waals surface area contributed by atoms with Crippen molar-refractivity contribution in [3.63, 3.8) is 0 Å². The van der Waals surface area contributed by atoms with E-state index in [1.165, 1.54) is 21.3 Å². The van der Waals surface area contributed by atoms with E-state index in [0.717, 1.165) is 5.56 Å². The normalized spacial score (nSPS) is 17.5. The molecule has 0 saturated heterocycles. The van der Waals surface area contributed by atoms with Crippen LogP contribution in [0, 0.1) is 0 Å². The summed E-state index contributed by atoms with van der Waals surface area (Å²) in [5.74, 6) is 1.38. The second-order valence-corrected chi connectivity index (χ2v) is 7.76. The Morgan fingerprint density at radius 2 is 1.74 bits per heavy atom. The number of ether oxygens (including phenoxy) is 5. The molecule has 1 unspecified atom stereocenters. The minimum atomic E-state index is -0.351. The molecule has 2 aliphatic heterocycles. The van der Waals surface area contributed by atoms with Crippen LogP contribution >= 0.6 is 0 Å². The molecule has 0 spiro atoms. The van der Waals surface area contributed by atoms with E-state index in [-0.39, 0.29) is 29.9 Å². The highest BCUT2D eigenvalue weighted by atomic mass is 16.5. The number of ketones is 1. The summed E-state index contributed by atoms with van der Waals surface area (Å²) >= 11 is 0. The first-order valence-corrected chi connectivity index (χ1v) is 10.6. The number of aromatic nitrogens is 1. The van der Waals surface area contributed by atoms with E-state index in [1.54, 1.807) is 48.8 Å². The summed E-state index contributed by atoms with van der Waals surface area (Å²) < 4.78 is 27.8.